The lowest BCUT2D eigenvalue weighted by Gasteiger charge is -2.40. The Morgan fingerprint density at radius 1 is 1.29 bits per heavy atom. The molecule has 4 N–H and O–H groups in total. The molecular formula is C16H23N3O4S. The van der Waals surface area contributed by atoms with E-state index in [1.807, 2.05) is 24.9 Å². The van der Waals surface area contributed by atoms with Crippen LogP contribution in [-0.4, -0.2) is 69.9 Å². The number of likely N-dealkylation sites (N-methyl/N-ethyl adjacent to an activating group) is 1. The maximum Gasteiger partial charge on any atom is 0.256 e. The van der Waals surface area contributed by atoms with Crippen LogP contribution in [0.2, 0.25) is 0 Å². The van der Waals surface area contributed by atoms with E-state index in [0.717, 1.165) is 6.54 Å². The Morgan fingerprint density at radius 2 is 2.00 bits per heavy atom. The van der Waals surface area contributed by atoms with Gasteiger partial charge in [-0.05, 0) is 25.7 Å². The van der Waals surface area contributed by atoms with E-state index in [-0.39, 0.29) is 17.0 Å². The van der Waals surface area contributed by atoms with Crippen molar-refractivity contribution in [1.82, 2.24) is 10.2 Å². The molecule has 3 rings (SSSR count). The third-order valence-corrected chi connectivity index (χ3v) is 5.77. The summed E-state index contributed by atoms with van der Waals surface area (Å²) in [5.74, 6) is -0.457. The largest absolute Gasteiger partial charge is 0.389 e. The van der Waals surface area contributed by atoms with Gasteiger partial charge in [-0.15, -0.1) is 0 Å². The van der Waals surface area contributed by atoms with Crippen LogP contribution in [0.25, 0.3) is 0 Å². The highest BCUT2D eigenvalue weighted by Crippen LogP contribution is 2.40. The van der Waals surface area contributed by atoms with Gasteiger partial charge < -0.3 is 20.3 Å². The van der Waals surface area contributed by atoms with E-state index in [4.69, 9.17) is 4.74 Å². The van der Waals surface area contributed by atoms with E-state index in [2.05, 4.69) is 10.6 Å². The first-order valence-corrected chi connectivity index (χ1v) is 8.95. The molecule has 1 amide bonds. The van der Waals surface area contributed by atoms with Crippen LogP contribution in [0.5, 0.6) is 0 Å². The number of ether oxygens (including phenoxy) is 1. The zero-order chi connectivity index (χ0) is 17.3. The minimum atomic E-state index is -1.28. The van der Waals surface area contributed by atoms with Crippen molar-refractivity contribution in [3.05, 3.63) is 30.3 Å². The molecule has 1 aromatic carbocycles. The molecule has 0 radical (unpaired) electrons. The second-order valence-electron chi connectivity index (χ2n) is 5.96. The zero-order valence-electron chi connectivity index (χ0n) is 13.6. The van der Waals surface area contributed by atoms with Gasteiger partial charge in [-0.3, -0.25) is 15.0 Å². The van der Waals surface area contributed by atoms with Crippen LogP contribution >= 0.6 is 11.8 Å². The zero-order valence-corrected chi connectivity index (χ0v) is 14.4. The third-order valence-electron chi connectivity index (χ3n) is 4.35. The maximum absolute atomic E-state index is 12.5. The molecule has 1 aromatic rings. The molecule has 2 heterocycles. The van der Waals surface area contributed by atoms with E-state index >= 15 is 0 Å². The summed E-state index contributed by atoms with van der Waals surface area (Å²) in [5.41, 5.74) is 0.211. The van der Waals surface area contributed by atoms with E-state index in [1.54, 1.807) is 24.3 Å². The van der Waals surface area contributed by atoms with Gasteiger partial charge in [0.05, 0.1) is 6.04 Å². The van der Waals surface area contributed by atoms with Crippen LogP contribution in [-0.2, 0) is 9.53 Å². The summed E-state index contributed by atoms with van der Waals surface area (Å²) in [4.78, 5) is 14.4. The highest BCUT2D eigenvalue weighted by atomic mass is 32.2. The number of anilines is 1. The van der Waals surface area contributed by atoms with Gasteiger partial charge in [0, 0.05) is 5.69 Å². The molecule has 8 heteroatoms. The molecule has 2 saturated heterocycles. The summed E-state index contributed by atoms with van der Waals surface area (Å²) < 4.78 is 5.83. The fourth-order valence-corrected chi connectivity index (χ4v) is 4.64. The number of amides is 1. The number of benzene rings is 1. The van der Waals surface area contributed by atoms with E-state index in [9.17, 15) is 15.0 Å². The molecule has 0 aliphatic carbocycles. The summed E-state index contributed by atoms with van der Waals surface area (Å²) in [6.45, 7) is 2.77. The SMILES string of the molecule is CCNC1S[C@H]2O[C@H](C(=O)Nc3ccccc3)[C@@H](O)[C@H](O)[C@H]2N1C. The minimum Gasteiger partial charge on any atom is -0.389 e. The molecule has 0 saturated carbocycles. The number of hydrogen-bond donors (Lipinski definition) is 4. The summed E-state index contributed by atoms with van der Waals surface area (Å²) in [6, 6.07) is 8.61. The van der Waals surface area contributed by atoms with Crippen molar-refractivity contribution in [2.45, 2.75) is 42.2 Å². The number of fused-ring (bicyclic) bond motifs is 1. The van der Waals surface area contributed by atoms with Gasteiger partial charge in [-0.2, -0.15) is 0 Å². The van der Waals surface area contributed by atoms with E-state index in [0.29, 0.717) is 5.69 Å². The highest BCUT2D eigenvalue weighted by Gasteiger charge is 2.54. The topological polar surface area (TPSA) is 94.1 Å². The van der Waals surface area contributed by atoms with Crippen molar-refractivity contribution in [1.29, 1.82) is 0 Å². The van der Waals surface area contributed by atoms with Crippen LogP contribution in [0.1, 0.15) is 6.92 Å². The molecule has 24 heavy (non-hydrogen) atoms. The maximum atomic E-state index is 12.5. The first-order valence-electron chi connectivity index (χ1n) is 8.01. The number of nitrogens with zero attached hydrogens (tertiary/aromatic N) is 1. The molecule has 132 valence electrons. The molecule has 2 fully saturated rings. The second kappa shape index (κ2) is 7.38. The van der Waals surface area contributed by atoms with Gasteiger partial charge in [0.1, 0.15) is 23.1 Å². The smallest absolute Gasteiger partial charge is 0.256 e. The van der Waals surface area contributed by atoms with Crippen molar-refractivity contribution in [2.75, 3.05) is 18.9 Å². The third kappa shape index (κ3) is 3.30. The molecular weight excluding hydrogens is 330 g/mol. The minimum absolute atomic E-state index is 0.0252. The van der Waals surface area contributed by atoms with Gasteiger partial charge in [0.2, 0.25) is 0 Å². The molecule has 2 aliphatic heterocycles. The number of carbonyl (C=O) groups excluding carboxylic acids is 1. The van der Waals surface area contributed by atoms with Crippen molar-refractivity contribution >= 4 is 23.4 Å². The standard InChI is InChI=1S/C16H23N3O4S/c1-3-17-16-19(2)10-11(20)12(21)13(23-15(10)24-16)14(22)18-9-7-5-4-6-8-9/h4-8,10-13,15-17,20-21H,3H2,1-2H3,(H,18,22)/t10-,11-,12+,13+,15-,16?/m1/s1. The Balaban J connectivity index is 1.71. The predicted molar refractivity (Wildman–Crippen MR) is 92.4 cm³/mol. The first kappa shape index (κ1) is 17.7. The highest BCUT2D eigenvalue weighted by molar-refractivity contribution is 8.00. The molecule has 0 aromatic heterocycles. The molecule has 6 atom stereocenters. The van der Waals surface area contributed by atoms with Crippen LogP contribution in [0.15, 0.2) is 30.3 Å². The number of nitrogens with one attached hydrogen (secondary N) is 2. The van der Waals surface area contributed by atoms with Crippen molar-refractivity contribution < 1.29 is 19.7 Å². The van der Waals surface area contributed by atoms with E-state index < -0.39 is 24.2 Å². The fourth-order valence-electron chi connectivity index (χ4n) is 3.09. The number of aliphatic hydroxyl groups excluding tert-OH is 2. The number of aliphatic hydroxyl groups is 2. The average Bonchev–Trinajstić information content (AvgIpc) is 2.88. The number of para-hydroxylation sites is 1. The van der Waals surface area contributed by atoms with Crippen LogP contribution in [0.3, 0.4) is 0 Å². The summed E-state index contributed by atoms with van der Waals surface area (Å²) in [6.07, 6.45) is -3.45. The number of carbonyl (C=O) groups is 1. The fraction of sp³-hybridized carbons (Fsp3) is 0.562. The first-order chi connectivity index (χ1) is 11.5. The quantitative estimate of drug-likeness (QED) is 0.606. The molecule has 0 bridgehead atoms. The molecule has 0 spiro atoms. The van der Waals surface area contributed by atoms with Crippen molar-refractivity contribution in [2.24, 2.45) is 0 Å². The number of thioether (sulfide) groups is 1. The summed E-state index contributed by atoms with van der Waals surface area (Å²) in [7, 11) is 1.87. The van der Waals surface area contributed by atoms with Gasteiger partial charge in [-0.25, -0.2) is 0 Å². The van der Waals surface area contributed by atoms with Crippen LogP contribution in [0, 0.1) is 0 Å². The monoisotopic (exact) mass is 353 g/mol. The predicted octanol–water partition coefficient (Wildman–Crippen LogP) is 0.0121. The van der Waals surface area contributed by atoms with Crippen LogP contribution < -0.4 is 10.6 Å². The summed E-state index contributed by atoms with van der Waals surface area (Å²) in [5, 5.41) is 26.9. The Kier molecular flexibility index (Phi) is 5.43. The second-order valence-corrected chi connectivity index (χ2v) is 7.15. The van der Waals surface area contributed by atoms with Gasteiger partial charge >= 0.3 is 0 Å². The van der Waals surface area contributed by atoms with Crippen LogP contribution in [0.4, 0.5) is 5.69 Å². The van der Waals surface area contributed by atoms with Crippen molar-refractivity contribution in [3.8, 4) is 0 Å². The average molecular weight is 353 g/mol. The molecule has 1 unspecified atom stereocenters. The molecule has 7 nitrogen and oxygen atoms in total. The normalized spacial score (nSPS) is 36.3. The number of rotatable bonds is 4. The van der Waals surface area contributed by atoms with Crippen molar-refractivity contribution in [3.63, 3.8) is 0 Å². The number of hydrogen-bond acceptors (Lipinski definition) is 7. The lowest BCUT2D eigenvalue weighted by molar-refractivity contribution is -0.180. The molecule has 2 aliphatic rings. The van der Waals surface area contributed by atoms with Gasteiger partial charge in [0.15, 0.2) is 6.10 Å². The lowest BCUT2D eigenvalue weighted by Crippen LogP contribution is -2.62. The Hall–Kier alpha value is -1.16. The Bertz CT molecular complexity index is 576. The Labute approximate surface area is 145 Å². The Morgan fingerprint density at radius 3 is 2.67 bits per heavy atom. The van der Waals surface area contributed by atoms with Gasteiger partial charge in [-0.1, -0.05) is 36.9 Å². The summed E-state index contributed by atoms with van der Waals surface area (Å²) >= 11 is 1.50. The van der Waals surface area contributed by atoms with Gasteiger partial charge in [0.25, 0.3) is 5.91 Å². The lowest BCUT2D eigenvalue weighted by atomic mass is 9.96. The van der Waals surface area contributed by atoms with E-state index in [1.165, 1.54) is 11.8 Å².